The average molecular weight is 534 g/mol. The number of nitrogens with zero attached hydrogens (tertiary/aromatic N) is 2. The van der Waals surface area contributed by atoms with Gasteiger partial charge in [0, 0.05) is 48.2 Å². The molecule has 0 aliphatic carbocycles. The van der Waals surface area contributed by atoms with Crippen molar-refractivity contribution in [3.63, 3.8) is 0 Å². The zero-order valence-corrected chi connectivity index (χ0v) is 19.5. The van der Waals surface area contributed by atoms with Crippen LogP contribution in [0.25, 0.3) is 5.65 Å². The van der Waals surface area contributed by atoms with E-state index in [1.807, 2.05) is 17.5 Å². The van der Waals surface area contributed by atoms with Crippen molar-refractivity contribution in [1.82, 2.24) is 9.38 Å². The summed E-state index contributed by atoms with van der Waals surface area (Å²) in [4.78, 5) is 26.2. The van der Waals surface area contributed by atoms with Crippen LogP contribution in [0.1, 0.15) is 52.4 Å². The van der Waals surface area contributed by atoms with Crippen molar-refractivity contribution in [2.24, 2.45) is 0 Å². The van der Waals surface area contributed by atoms with Crippen molar-refractivity contribution in [3.8, 4) is 0 Å². The first-order valence-corrected chi connectivity index (χ1v) is 11.0. The van der Waals surface area contributed by atoms with Crippen LogP contribution in [0.4, 0.5) is 27.6 Å². The number of carbonyl (C=O) groups excluding carboxylic acids is 1. The first kappa shape index (κ1) is 27.3. The fourth-order valence-electron chi connectivity index (χ4n) is 3.57. The number of carboxylic acid groups (broad SMARTS) is 1. The molecule has 0 radical (unpaired) electrons. The second kappa shape index (κ2) is 11.2. The van der Waals surface area contributed by atoms with E-state index >= 15 is 0 Å². The molecule has 0 spiro atoms. The Kier molecular flexibility index (Phi) is 8.51. The molecule has 1 aromatic carbocycles. The summed E-state index contributed by atoms with van der Waals surface area (Å²) in [5.41, 5.74) is 2.79. The van der Waals surface area contributed by atoms with Crippen molar-refractivity contribution in [2.75, 3.05) is 18.5 Å². The van der Waals surface area contributed by atoms with E-state index in [0.717, 1.165) is 43.0 Å². The number of carboxylic acids is 1. The summed E-state index contributed by atoms with van der Waals surface area (Å²) in [7, 11) is 0. The van der Waals surface area contributed by atoms with Crippen LogP contribution in [-0.4, -0.2) is 45.8 Å². The van der Waals surface area contributed by atoms with Gasteiger partial charge in [-0.05, 0) is 31.9 Å². The molecule has 0 unspecified atom stereocenters. The summed E-state index contributed by atoms with van der Waals surface area (Å²) in [6, 6.07) is 5.39. The van der Waals surface area contributed by atoms with Crippen molar-refractivity contribution in [3.05, 3.63) is 64.1 Å². The third-order valence-electron chi connectivity index (χ3n) is 5.45. The van der Waals surface area contributed by atoms with Crippen LogP contribution in [-0.2, 0) is 9.53 Å². The Hall–Kier alpha value is -3.25. The number of aryl methyl sites for hydroxylation is 1. The first-order valence-electron chi connectivity index (χ1n) is 10.6. The first-order chi connectivity index (χ1) is 16.9. The van der Waals surface area contributed by atoms with Gasteiger partial charge >= 0.3 is 12.1 Å². The van der Waals surface area contributed by atoms with Crippen LogP contribution < -0.4 is 5.32 Å². The van der Waals surface area contributed by atoms with Gasteiger partial charge < -0.3 is 19.6 Å². The second-order valence-corrected chi connectivity index (χ2v) is 8.33. The SMILES string of the molecule is Cc1c(Cl)c(NC(=O)c2cccc(C(F)F)c2)cn2cc(C3CCOCC3)nc12.O=C(O)C(F)(F)F. The number of hydrogen-bond acceptors (Lipinski definition) is 4. The van der Waals surface area contributed by atoms with E-state index in [9.17, 15) is 26.7 Å². The Labute approximate surface area is 206 Å². The highest BCUT2D eigenvalue weighted by atomic mass is 35.5. The molecule has 7 nitrogen and oxygen atoms in total. The third-order valence-corrected chi connectivity index (χ3v) is 5.94. The topological polar surface area (TPSA) is 92.9 Å². The van der Waals surface area contributed by atoms with Crippen LogP contribution in [0.15, 0.2) is 36.7 Å². The summed E-state index contributed by atoms with van der Waals surface area (Å²) in [6.45, 7) is 3.28. The predicted molar refractivity (Wildman–Crippen MR) is 121 cm³/mol. The highest BCUT2D eigenvalue weighted by Crippen LogP contribution is 2.32. The summed E-state index contributed by atoms with van der Waals surface area (Å²) in [5, 5.41) is 10.2. The maximum atomic E-state index is 12.9. The van der Waals surface area contributed by atoms with Crippen LogP contribution in [0.5, 0.6) is 0 Å². The molecule has 3 heterocycles. The molecule has 0 atom stereocenters. The normalized spacial score (nSPS) is 14.4. The second-order valence-electron chi connectivity index (χ2n) is 7.95. The number of ether oxygens (including phenoxy) is 1. The van der Waals surface area contributed by atoms with Gasteiger partial charge in [0.05, 0.1) is 16.4 Å². The minimum atomic E-state index is -5.08. The van der Waals surface area contributed by atoms with E-state index in [1.54, 1.807) is 6.20 Å². The maximum absolute atomic E-state index is 12.9. The van der Waals surface area contributed by atoms with Gasteiger partial charge in [-0.1, -0.05) is 23.7 Å². The zero-order chi connectivity index (χ0) is 26.6. The van der Waals surface area contributed by atoms with Gasteiger partial charge in [-0.25, -0.2) is 18.6 Å². The van der Waals surface area contributed by atoms with Gasteiger partial charge in [0.25, 0.3) is 12.3 Å². The highest BCUT2D eigenvalue weighted by molar-refractivity contribution is 6.35. The molecule has 3 aromatic rings. The summed E-state index contributed by atoms with van der Waals surface area (Å²) < 4.78 is 64.8. The number of imidazole rings is 1. The number of amides is 1. The predicted octanol–water partition coefficient (Wildman–Crippen LogP) is 6.01. The third kappa shape index (κ3) is 6.49. The number of aliphatic carboxylic acids is 1. The van der Waals surface area contributed by atoms with Gasteiger partial charge in [-0.15, -0.1) is 0 Å². The van der Waals surface area contributed by atoms with Crippen molar-refractivity contribution in [1.29, 1.82) is 0 Å². The molecule has 0 saturated carbocycles. The molecule has 1 fully saturated rings. The van der Waals surface area contributed by atoms with Crippen molar-refractivity contribution < 1.29 is 41.4 Å². The maximum Gasteiger partial charge on any atom is 0.490 e. The zero-order valence-electron chi connectivity index (χ0n) is 18.8. The van der Waals surface area contributed by atoms with Gasteiger partial charge in [0.1, 0.15) is 5.65 Å². The molecule has 36 heavy (non-hydrogen) atoms. The number of aromatic nitrogens is 2. The molecule has 4 rings (SSSR count). The molecular formula is C23H21ClF5N3O4. The molecule has 0 bridgehead atoms. The quantitative estimate of drug-likeness (QED) is 0.400. The van der Waals surface area contributed by atoms with E-state index in [0.29, 0.717) is 16.6 Å². The number of benzene rings is 1. The van der Waals surface area contributed by atoms with Crippen molar-refractivity contribution in [2.45, 2.75) is 38.3 Å². The fraction of sp³-hybridized carbons (Fsp3) is 0.348. The number of anilines is 1. The lowest BCUT2D eigenvalue weighted by molar-refractivity contribution is -0.192. The minimum absolute atomic E-state index is 0.144. The van der Waals surface area contributed by atoms with E-state index in [4.69, 9.17) is 31.2 Å². The summed E-state index contributed by atoms with van der Waals surface area (Å²) >= 11 is 6.47. The number of alkyl halides is 5. The van der Waals surface area contributed by atoms with E-state index < -0.39 is 24.5 Å². The number of hydrogen-bond donors (Lipinski definition) is 2. The molecule has 1 aliphatic rings. The lowest BCUT2D eigenvalue weighted by Gasteiger charge is -2.19. The fourth-order valence-corrected chi connectivity index (χ4v) is 3.75. The van der Waals surface area contributed by atoms with Crippen molar-refractivity contribution >= 4 is 34.8 Å². The number of carbonyl (C=O) groups is 2. The molecule has 1 aliphatic heterocycles. The lowest BCUT2D eigenvalue weighted by atomic mass is 9.97. The van der Waals surface area contributed by atoms with Gasteiger partial charge in [-0.3, -0.25) is 4.79 Å². The lowest BCUT2D eigenvalue weighted by Crippen LogP contribution is -2.21. The van der Waals surface area contributed by atoms with Gasteiger partial charge in [0.15, 0.2) is 0 Å². The number of nitrogens with one attached hydrogen (secondary N) is 1. The van der Waals surface area contributed by atoms with E-state index in [2.05, 4.69) is 5.32 Å². The molecule has 1 saturated heterocycles. The van der Waals surface area contributed by atoms with Crippen LogP contribution >= 0.6 is 11.6 Å². The largest absolute Gasteiger partial charge is 0.490 e. The number of halogens is 6. The molecule has 1 amide bonds. The molecule has 194 valence electrons. The highest BCUT2D eigenvalue weighted by Gasteiger charge is 2.38. The number of fused-ring (bicyclic) bond motifs is 1. The van der Waals surface area contributed by atoms with Crippen LogP contribution in [0.2, 0.25) is 5.02 Å². The van der Waals surface area contributed by atoms with Gasteiger partial charge in [-0.2, -0.15) is 13.2 Å². The Morgan fingerprint density at radius 2 is 1.86 bits per heavy atom. The number of rotatable bonds is 4. The van der Waals surface area contributed by atoms with Gasteiger partial charge in [0.2, 0.25) is 0 Å². The average Bonchev–Trinajstić information content (AvgIpc) is 3.27. The molecule has 13 heteroatoms. The smallest absolute Gasteiger partial charge is 0.475 e. The monoisotopic (exact) mass is 533 g/mol. The molecule has 2 aromatic heterocycles. The van der Waals surface area contributed by atoms with E-state index in [-0.39, 0.29) is 11.1 Å². The van der Waals surface area contributed by atoms with E-state index in [1.165, 1.54) is 24.3 Å². The molecular weight excluding hydrogens is 513 g/mol. The summed E-state index contributed by atoms with van der Waals surface area (Å²) in [5.74, 6) is -2.93. The Balaban J connectivity index is 0.000000454. The van der Waals surface area contributed by atoms with Crippen LogP contribution in [0.3, 0.4) is 0 Å². The summed E-state index contributed by atoms with van der Waals surface area (Å²) in [6.07, 6.45) is -2.24. The minimum Gasteiger partial charge on any atom is -0.475 e. The number of pyridine rings is 1. The standard InChI is InChI=1S/C21H20ClF2N3O2.C2HF3O2/c1-12-18(22)17(26-21(28)15-4-2-3-14(9-15)19(23)24)11-27-10-16(25-20(12)27)13-5-7-29-8-6-13;3-2(4,5)1(6)7/h2-4,9-11,13,19H,5-8H2,1H3,(H,26,28);(H,6,7). The molecule has 2 N–H and O–H groups in total. The van der Waals surface area contributed by atoms with Crippen LogP contribution in [0, 0.1) is 6.92 Å². The Morgan fingerprint density at radius 3 is 2.44 bits per heavy atom. The Bertz CT molecular complexity index is 1260. The Morgan fingerprint density at radius 1 is 1.22 bits per heavy atom.